The van der Waals surface area contributed by atoms with Gasteiger partial charge in [-0.15, -0.1) is 0 Å². The molecule has 0 spiro atoms. The van der Waals surface area contributed by atoms with Crippen LogP contribution in [0.25, 0.3) is 0 Å². The van der Waals surface area contributed by atoms with Crippen LogP contribution in [-0.2, 0) is 6.42 Å². The Morgan fingerprint density at radius 2 is 1.75 bits per heavy atom. The summed E-state index contributed by atoms with van der Waals surface area (Å²) < 4.78 is 0. The summed E-state index contributed by atoms with van der Waals surface area (Å²) in [5.41, 5.74) is 5.54. The van der Waals surface area contributed by atoms with Crippen molar-refractivity contribution in [2.45, 2.75) is 13.3 Å². The van der Waals surface area contributed by atoms with Gasteiger partial charge in [-0.2, -0.15) is 0 Å². The summed E-state index contributed by atoms with van der Waals surface area (Å²) in [7, 11) is 3.88. The van der Waals surface area contributed by atoms with Crippen molar-refractivity contribution in [2.24, 2.45) is 0 Å². The van der Waals surface area contributed by atoms with Crippen LogP contribution in [0.3, 0.4) is 0 Å². The number of nitrogens with one attached hydrogen (secondary N) is 2. The molecule has 1 aromatic heterocycles. The van der Waals surface area contributed by atoms with E-state index in [-0.39, 0.29) is 5.91 Å². The summed E-state index contributed by atoms with van der Waals surface area (Å²) >= 11 is 0. The van der Waals surface area contributed by atoms with Crippen molar-refractivity contribution in [3.8, 4) is 0 Å². The van der Waals surface area contributed by atoms with Crippen LogP contribution in [0.1, 0.15) is 21.6 Å². The van der Waals surface area contributed by atoms with Gasteiger partial charge < -0.3 is 15.5 Å². The van der Waals surface area contributed by atoms with Gasteiger partial charge in [0, 0.05) is 56.0 Å². The molecule has 3 rings (SSSR count). The Hall–Kier alpha value is -3.34. The number of benzene rings is 2. The molecule has 0 atom stereocenters. The first kappa shape index (κ1) is 19.4. The highest BCUT2D eigenvalue weighted by Crippen LogP contribution is 2.22. The van der Waals surface area contributed by atoms with E-state index in [0.717, 1.165) is 41.3 Å². The van der Waals surface area contributed by atoms with Crippen LogP contribution in [0.5, 0.6) is 0 Å². The number of rotatable bonds is 7. The molecule has 1 amide bonds. The molecule has 5 nitrogen and oxygen atoms in total. The fourth-order valence-electron chi connectivity index (χ4n) is 2.95. The van der Waals surface area contributed by atoms with E-state index in [1.807, 2.05) is 92.8 Å². The normalized spacial score (nSPS) is 10.4. The van der Waals surface area contributed by atoms with E-state index < -0.39 is 0 Å². The predicted octanol–water partition coefficient (Wildman–Crippen LogP) is 4.36. The van der Waals surface area contributed by atoms with Gasteiger partial charge in [0.1, 0.15) is 0 Å². The van der Waals surface area contributed by atoms with Gasteiger partial charge >= 0.3 is 0 Å². The number of aryl methyl sites for hydroxylation is 1. The molecule has 2 aromatic carbocycles. The molecule has 0 aliphatic carbocycles. The zero-order chi connectivity index (χ0) is 19.9. The largest absolute Gasteiger partial charge is 0.385 e. The van der Waals surface area contributed by atoms with Crippen LogP contribution in [-0.4, -0.2) is 31.5 Å². The van der Waals surface area contributed by atoms with Gasteiger partial charge in [-0.25, -0.2) is 0 Å². The first-order valence-corrected chi connectivity index (χ1v) is 9.36. The third-order valence-electron chi connectivity index (χ3n) is 4.46. The maximum absolute atomic E-state index is 12.7. The Bertz CT molecular complexity index is 921. The van der Waals surface area contributed by atoms with Gasteiger partial charge in [0.2, 0.25) is 0 Å². The molecule has 0 saturated carbocycles. The van der Waals surface area contributed by atoms with Crippen molar-refractivity contribution in [1.82, 2.24) is 4.98 Å². The number of carbonyl (C=O) groups is 1. The number of carbonyl (C=O) groups excluding carboxylic acids is 1. The van der Waals surface area contributed by atoms with Crippen LogP contribution in [0.15, 0.2) is 66.9 Å². The number of amides is 1. The molecule has 0 unspecified atom stereocenters. The van der Waals surface area contributed by atoms with E-state index in [1.54, 1.807) is 0 Å². The Morgan fingerprint density at radius 3 is 2.43 bits per heavy atom. The average Bonchev–Trinajstić information content (AvgIpc) is 2.70. The van der Waals surface area contributed by atoms with E-state index in [0.29, 0.717) is 5.56 Å². The number of anilines is 3. The molecule has 0 aliphatic rings. The fraction of sp³-hybridized carbons (Fsp3) is 0.217. The average molecular weight is 374 g/mol. The van der Waals surface area contributed by atoms with E-state index in [9.17, 15) is 4.79 Å². The quantitative estimate of drug-likeness (QED) is 0.645. The van der Waals surface area contributed by atoms with E-state index in [1.165, 1.54) is 0 Å². The van der Waals surface area contributed by atoms with Crippen molar-refractivity contribution in [3.63, 3.8) is 0 Å². The molecule has 0 saturated heterocycles. The predicted molar refractivity (Wildman–Crippen MR) is 116 cm³/mol. The second-order valence-corrected chi connectivity index (χ2v) is 6.94. The highest BCUT2D eigenvalue weighted by Gasteiger charge is 2.13. The molecule has 0 fully saturated rings. The van der Waals surface area contributed by atoms with Crippen molar-refractivity contribution in [1.29, 1.82) is 0 Å². The molecule has 0 radical (unpaired) electrons. The summed E-state index contributed by atoms with van der Waals surface area (Å²) in [4.78, 5) is 19.0. The lowest BCUT2D eigenvalue weighted by molar-refractivity contribution is 0.102. The smallest absolute Gasteiger partial charge is 0.257 e. The lowest BCUT2D eigenvalue weighted by atomic mass is 10.1. The van der Waals surface area contributed by atoms with Gasteiger partial charge in [0.25, 0.3) is 5.91 Å². The van der Waals surface area contributed by atoms with Gasteiger partial charge in [0.05, 0.1) is 5.56 Å². The highest BCUT2D eigenvalue weighted by molar-refractivity contribution is 6.08. The second-order valence-electron chi connectivity index (χ2n) is 6.94. The van der Waals surface area contributed by atoms with Crippen LogP contribution in [0.4, 0.5) is 17.1 Å². The maximum atomic E-state index is 12.7. The summed E-state index contributed by atoms with van der Waals surface area (Å²) in [6.07, 6.45) is 2.67. The van der Waals surface area contributed by atoms with Crippen LogP contribution in [0, 0.1) is 6.92 Å². The fourth-order valence-corrected chi connectivity index (χ4v) is 2.95. The van der Waals surface area contributed by atoms with Crippen molar-refractivity contribution in [3.05, 3.63) is 83.7 Å². The Morgan fingerprint density at radius 1 is 1.00 bits per heavy atom. The summed E-state index contributed by atoms with van der Waals surface area (Å²) in [5.74, 6) is -0.112. The maximum Gasteiger partial charge on any atom is 0.257 e. The molecule has 144 valence electrons. The van der Waals surface area contributed by atoms with Crippen LogP contribution >= 0.6 is 0 Å². The summed E-state index contributed by atoms with van der Waals surface area (Å²) in [6.45, 7) is 2.83. The molecule has 0 bridgehead atoms. The number of hydrogen-bond acceptors (Lipinski definition) is 4. The molecule has 2 N–H and O–H groups in total. The third kappa shape index (κ3) is 5.10. The third-order valence-corrected chi connectivity index (χ3v) is 4.46. The number of aromatic nitrogens is 1. The molecule has 5 heteroatoms. The first-order chi connectivity index (χ1) is 13.5. The Labute approximate surface area is 166 Å². The monoisotopic (exact) mass is 374 g/mol. The molecule has 0 aliphatic heterocycles. The van der Waals surface area contributed by atoms with E-state index in [4.69, 9.17) is 0 Å². The molecule has 28 heavy (non-hydrogen) atoms. The van der Waals surface area contributed by atoms with E-state index >= 15 is 0 Å². The molecule has 3 aromatic rings. The first-order valence-electron chi connectivity index (χ1n) is 9.36. The SMILES string of the molecule is Cc1ccc(C(=O)Nc2ccc(NCCc3ccccn3)cc2)c(N(C)C)c1. The number of hydrogen-bond donors (Lipinski definition) is 2. The Balaban J connectivity index is 1.59. The summed E-state index contributed by atoms with van der Waals surface area (Å²) in [5, 5.41) is 6.35. The van der Waals surface area contributed by atoms with Gasteiger partial charge in [-0.1, -0.05) is 12.1 Å². The molecular formula is C23H26N4O. The zero-order valence-corrected chi connectivity index (χ0v) is 16.6. The van der Waals surface area contributed by atoms with Crippen molar-refractivity contribution < 1.29 is 4.79 Å². The van der Waals surface area contributed by atoms with Crippen molar-refractivity contribution in [2.75, 3.05) is 36.2 Å². The van der Waals surface area contributed by atoms with Crippen LogP contribution in [0.2, 0.25) is 0 Å². The second kappa shape index (κ2) is 9.04. The minimum atomic E-state index is -0.112. The number of pyridine rings is 1. The van der Waals surface area contributed by atoms with E-state index in [2.05, 4.69) is 15.6 Å². The van der Waals surface area contributed by atoms with Gasteiger partial charge in [0.15, 0.2) is 0 Å². The Kier molecular flexibility index (Phi) is 6.27. The highest BCUT2D eigenvalue weighted by atomic mass is 16.1. The topological polar surface area (TPSA) is 57.3 Å². The number of nitrogens with zero attached hydrogens (tertiary/aromatic N) is 2. The standard InChI is InChI=1S/C23H26N4O/c1-17-7-12-21(22(16-17)27(2)3)23(28)26-20-10-8-19(9-11-20)25-15-13-18-6-4-5-14-24-18/h4-12,14,16,25H,13,15H2,1-3H3,(H,26,28). The molecular weight excluding hydrogens is 348 g/mol. The van der Waals surface area contributed by atoms with Gasteiger partial charge in [-0.05, 0) is 61.0 Å². The van der Waals surface area contributed by atoms with Gasteiger partial charge in [-0.3, -0.25) is 9.78 Å². The summed E-state index contributed by atoms with van der Waals surface area (Å²) in [6, 6.07) is 19.5. The minimum absolute atomic E-state index is 0.112. The molecule has 1 heterocycles. The van der Waals surface area contributed by atoms with Crippen LogP contribution < -0.4 is 15.5 Å². The zero-order valence-electron chi connectivity index (χ0n) is 16.6. The van der Waals surface area contributed by atoms with Crippen molar-refractivity contribution >= 4 is 23.0 Å². The minimum Gasteiger partial charge on any atom is -0.385 e. The lowest BCUT2D eigenvalue weighted by Gasteiger charge is -2.18. The lowest BCUT2D eigenvalue weighted by Crippen LogP contribution is -2.18.